The van der Waals surface area contributed by atoms with Gasteiger partial charge in [0.1, 0.15) is 0 Å². The fourth-order valence-electron chi connectivity index (χ4n) is 3.04. The number of carbonyl (C=O) groups excluding carboxylic acids is 2. The second kappa shape index (κ2) is 9.00. The molecular weight excluding hydrogens is 364 g/mol. The SMILES string of the molecule is C[C@H](C(=O)Nc1ccc(C#N)cc1)[NH+](C)CC(=O)Nc1cccc2ccccc12. The van der Waals surface area contributed by atoms with Crippen molar-refractivity contribution in [2.24, 2.45) is 0 Å². The lowest BCUT2D eigenvalue weighted by atomic mass is 10.1. The fourth-order valence-corrected chi connectivity index (χ4v) is 3.04. The number of benzene rings is 3. The van der Waals surface area contributed by atoms with Crippen molar-refractivity contribution in [2.45, 2.75) is 13.0 Å². The molecule has 0 heterocycles. The Morgan fingerprint density at radius 2 is 1.69 bits per heavy atom. The molecule has 1 unspecified atom stereocenters. The predicted molar refractivity (Wildman–Crippen MR) is 114 cm³/mol. The summed E-state index contributed by atoms with van der Waals surface area (Å²) in [7, 11) is 1.81. The molecule has 3 rings (SSSR count). The molecule has 0 bridgehead atoms. The number of nitrogens with one attached hydrogen (secondary N) is 3. The third-order valence-corrected chi connectivity index (χ3v) is 4.92. The van der Waals surface area contributed by atoms with E-state index in [0.717, 1.165) is 21.4 Å². The normalized spacial score (nSPS) is 12.6. The van der Waals surface area contributed by atoms with E-state index in [-0.39, 0.29) is 18.4 Å². The van der Waals surface area contributed by atoms with Gasteiger partial charge in [-0.25, -0.2) is 0 Å². The van der Waals surface area contributed by atoms with E-state index in [0.29, 0.717) is 11.3 Å². The number of nitriles is 1. The highest BCUT2D eigenvalue weighted by Gasteiger charge is 2.24. The van der Waals surface area contributed by atoms with E-state index in [1.54, 1.807) is 31.2 Å². The zero-order chi connectivity index (χ0) is 20.8. The van der Waals surface area contributed by atoms with Crippen LogP contribution in [0.2, 0.25) is 0 Å². The van der Waals surface area contributed by atoms with Crippen molar-refractivity contribution in [2.75, 3.05) is 24.2 Å². The molecule has 0 aromatic heterocycles. The molecule has 0 fully saturated rings. The van der Waals surface area contributed by atoms with Crippen molar-refractivity contribution in [3.63, 3.8) is 0 Å². The lowest BCUT2D eigenvalue weighted by Crippen LogP contribution is -3.14. The van der Waals surface area contributed by atoms with E-state index < -0.39 is 6.04 Å². The molecule has 146 valence electrons. The van der Waals surface area contributed by atoms with Crippen LogP contribution in [0, 0.1) is 11.3 Å². The van der Waals surface area contributed by atoms with Gasteiger partial charge >= 0.3 is 0 Å². The maximum Gasteiger partial charge on any atom is 0.282 e. The molecular formula is C23H23N4O2+. The Kier molecular flexibility index (Phi) is 6.22. The molecule has 6 heteroatoms. The van der Waals surface area contributed by atoms with Crippen LogP contribution in [0.1, 0.15) is 12.5 Å². The molecule has 0 aliphatic heterocycles. The first kappa shape index (κ1) is 20.1. The van der Waals surface area contributed by atoms with Crippen molar-refractivity contribution in [3.8, 4) is 6.07 Å². The van der Waals surface area contributed by atoms with Crippen molar-refractivity contribution >= 4 is 34.0 Å². The van der Waals surface area contributed by atoms with Crippen LogP contribution in [-0.4, -0.2) is 31.4 Å². The molecule has 29 heavy (non-hydrogen) atoms. The second-order valence-corrected chi connectivity index (χ2v) is 7.00. The zero-order valence-electron chi connectivity index (χ0n) is 16.4. The number of anilines is 2. The lowest BCUT2D eigenvalue weighted by molar-refractivity contribution is -0.885. The maximum atomic E-state index is 12.5. The first-order valence-electron chi connectivity index (χ1n) is 9.39. The minimum atomic E-state index is -0.427. The van der Waals surface area contributed by atoms with Crippen LogP contribution in [0.15, 0.2) is 66.7 Å². The second-order valence-electron chi connectivity index (χ2n) is 7.00. The molecule has 3 aromatic rings. The molecule has 0 radical (unpaired) electrons. The number of rotatable bonds is 6. The van der Waals surface area contributed by atoms with E-state index in [2.05, 4.69) is 10.6 Å². The number of hydrogen-bond acceptors (Lipinski definition) is 3. The molecule has 2 atom stereocenters. The number of amides is 2. The number of nitrogens with zero attached hydrogens (tertiary/aromatic N) is 1. The van der Waals surface area contributed by atoms with E-state index >= 15 is 0 Å². The van der Waals surface area contributed by atoms with Gasteiger partial charge in [0.15, 0.2) is 12.6 Å². The van der Waals surface area contributed by atoms with E-state index in [1.807, 2.05) is 55.6 Å². The van der Waals surface area contributed by atoms with E-state index in [9.17, 15) is 9.59 Å². The first-order chi connectivity index (χ1) is 14.0. The summed E-state index contributed by atoms with van der Waals surface area (Å²) in [5.41, 5.74) is 1.91. The summed E-state index contributed by atoms with van der Waals surface area (Å²) in [4.78, 5) is 25.8. The standard InChI is InChI=1S/C23H22N4O2/c1-16(23(29)25-19-12-10-17(14-24)11-13-19)27(2)15-22(28)26-21-9-5-7-18-6-3-4-8-20(18)21/h3-13,16H,15H2,1-2H3,(H,25,29)(H,26,28)/p+1/t16-/m1/s1. The summed E-state index contributed by atoms with van der Waals surface area (Å²) in [6.07, 6.45) is 0. The molecule has 6 nitrogen and oxygen atoms in total. The molecule has 0 saturated heterocycles. The largest absolute Gasteiger partial charge is 0.321 e. The molecule has 0 aliphatic rings. The Morgan fingerprint density at radius 1 is 1.00 bits per heavy atom. The lowest BCUT2D eigenvalue weighted by Gasteiger charge is -2.21. The predicted octanol–water partition coefficient (Wildman–Crippen LogP) is 2.19. The molecule has 2 amide bonds. The van der Waals surface area contributed by atoms with Crippen LogP contribution in [0.3, 0.4) is 0 Å². The smallest absolute Gasteiger partial charge is 0.282 e. The summed E-state index contributed by atoms with van der Waals surface area (Å²) in [5, 5.41) is 16.6. The molecule has 0 aliphatic carbocycles. The van der Waals surface area contributed by atoms with Crippen molar-refractivity contribution < 1.29 is 14.5 Å². The highest BCUT2D eigenvalue weighted by Crippen LogP contribution is 2.22. The van der Waals surface area contributed by atoms with Crippen LogP contribution in [0.5, 0.6) is 0 Å². The number of hydrogen-bond donors (Lipinski definition) is 3. The van der Waals surface area contributed by atoms with Gasteiger partial charge in [0.05, 0.1) is 18.7 Å². The Hall–Kier alpha value is -3.69. The summed E-state index contributed by atoms with van der Waals surface area (Å²) in [6, 6.07) is 21.9. The Labute approximate surface area is 169 Å². The number of likely N-dealkylation sites (N-methyl/N-ethyl adjacent to an activating group) is 1. The minimum Gasteiger partial charge on any atom is -0.321 e. The maximum absolute atomic E-state index is 12.5. The molecule has 0 saturated carbocycles. The van der Waals surface area contributed by atoms with Gasteiger partial charge in [-0.2, -0.15) is 5.26 Å². The van der Waals surface area contributed by atoms with Gasteiger partial charge in [-0.1, -0.05) is 36.4 Å². The van der Waals surface area contributed by atoms with Gasteiger partial charge in [-0.05, 0) is 42.6 Å². The van der Waals surface area contributed by atoms with Crippen LogP contribution in [-0.2, 0) is 9.59 Å². The van der Waals surface area contributed by atoms with Gasteiger partial charge in [0.25, 0.3) is 11.8 Å². The van der Waals surface area contributed by atoms with Crippen LogP contribution < -0.4 is 15.5 Å². The Morgan fingerprint density at radius 3 is 2.41 bits per heavy atom. The van der Waals surface area contributed by atoms with Gasteiger partial charge in [-0.3, -0.25) is 9.59 Å². The van der Waals surface area contributed by atoms with Gasteiger partial charge < -0.3 is 15.5 Å². The van der Waals surface area contributed by atoms with Gasteiger partial charge in [-0.15, -0.1) is 0 Å². The topological polar surface area (TPSA) is 86.4 Å². The third-order valence-electron chi connectivity index (χ3n) is 4.92. The molecule has 3 N–H and O–H groups in total. The Balaban J connectivity index is 1.59. The zero-order valence-corrected chi connectivity index (χ0v) is 16.4. The highest BCUT2D eigenvalue weighted by molar-refractivity contribution is 6.02. The summed E-state index contributed by atoms with van der Waals surface area (Å²) in [6.45, 7) is 1.94. The quantitative estimate of drug-likeness (QED) is 0.606. The monoisotopic (exact) mass is 387 g/mol. The van der Waals surface area contributed by atoms with Crippen LogP contribution >= 0.6 is 0 Å². The van der Waals surface area contributed by atoms with Crippen molar-refractivity contribution in [1.29, 1.82) is 5.26 Å². The van der Waals surface area contributed by atoms with Crippen molar-refractivity contribution in [3.05, 3.63) is 72.3 Å². The fraction of sp³-hybridized carbons (Fsp3) is 0.174. The van der Waals surface area contributed by atoms with E-state index in [4.69, 9.17) is 5.26 Å². The Bertz CT molecular complexity index is 1060. The number of fused-ring (bicyclic) bond motifs is 1. The first-order valence-corrected chi connectivity index (χ1v) is 9.39. The highest BCUT2D eigenvalue weighted by atomic mass is 16.2. The summed E-state index contributed by atoms with van der Waals surface area (Å²) in [5.74, 6) is -0.345. The van der Waals surface area contributed by atoms with Crippen molar-refractivity contribution in [1.82, 2.24) is 0 Å². The average molecular weight is 387 g/mol. The van der Waals surface area contributed by atoms with Crippen LogP contribution in [0.4, 0.5) is 11.4 Å². The van der Waals surface area contributed by atoms with Gasteiger partial charge in [0.2, 0.25) is 0 Å². The van der Waals surface area contributed by atoms with E-state index in [1.165, 1.54) is 0 Å². The molecule has 3 aromatic carbocycles. The van der Waals surface area contributed by atoms with Gasteiger partial charge in [0, 0.05) is 16.8 Å². The summed E-state index contributed by atoms with van der Waals surface area (Å²) >= 11 is 0. The minimum absolute atomic E-state index is 0.156. The number of carbonyl (C=O) groups is 2. The number of quaternary nitrogens is 1. The summed E-state index contributed by atoms with van der Waals surface area (Å²) < 4.78 is 0. The average Bonchev–Trinajstić information content (AvgIpc) is 2.73. The third kappa shape index (κ3) is 4.98. The van der Waals surface area contributed by atoms with Crippen LogP contribution in [0.25, 0.3) is 10.8 Å². The molecule has 0 spiro atoms.